The molecule has 9 nitrogen and oxygen atoms in total. The largest absolute Gasteiger partial charge is 2.00 e. The first kappa shape index (κ1) is 57.4. The monoisotopic (exact) mass is 364 g/mol. The van der Waals surface area contributed by atoms with E-state index in [9.17, 15) is 0 Å². The SMILES string of the molecule is O.O.O.[O-]B([O-])[O-].[O-]B([O-])[O-].[Zn+2].[Zn+2].[Zn+2]. The average molecular weight is 368 g/mol. The Bertz CT molecular complexity index is 33.5. The van der Waals surface area contributed by atoms with Crippen LogP contribution in [0.3, 0.4) is 0 Å². The third-order valence-corrected chi connectivity index (χ3v) is 0. The van der Waals surface area contributed by atoms with Crippen molar-refractivity contribution < 1.29 is 105 Å². The molecule has 6 N–H and O–H groups in total. The molecular formula is H6B2O9Zn3. The van der Waals surface area contributed by atoms with E-state index in [-0.39, 0.29) is 74.9 Å². The van der Waals surface area contributed by atoms with Crippen LogP contribution in [0.5, 0.6) is 0 Å². The van der Waals surface area contributed by atoms with E-state index in [0.717, 1.165) is 0 Å². The van der Waals surface area contributed by atoms with Crippen molar-refractivity contribution in [2.24, 2.45) is 0 Å². The van der Waals surface area contributed by atoms with Gasteiger partial charge in [0.15, 0.2) is 0 Å². The molecule has 0 aliphatic rings. The molecule has 14 heavy (non-hydrogen) atoms. The Hall–Kier alpha value is 1.64. The first-order valence-electron chi connectivity index (χ1n) is 1.41. The fourth-order valence-corrected chi connectivity index (χ4v) is 0. The Morgan fingerprint density at radius 1 is 0.429 bits per heavy atom. The number of hydrogen-bond acceptors (Lipinski definition) is 6. The molecule has 14 heteroatoms. The van der Waals surface area contributed by atoms with E-state index < -0.39 is 14.6 Å². The molecular weight excluding hydrogens is 362 g/mol. The van der Waals surface area contributed by atoms with E-state index in [1.165, 1.54) is 0 Å². The summed E-state index contributed by atoms with van der Waals surface area (Å²) in [6.45, 7) is 0. The third kappa shape index (κ3) is 810. The summed E-state index contributed by atoms with van der Waals surface area (Å²) < 4.78 is 0. The first-order valence-corrected chi connectivity index (χ1v) is 1.41. The van der Waals surface area contributed by atoms with Gasteiger partial charge >= 0.3 is 58.4 Å². The van der Waals surface area contributed by atoms with Crippen molar-refractivity contribution in [3.8, 4) is 0 Å². The van der Waals surface area contributed by atoms with Crippen LogP contribution in [-0.2, 0) is 58.4 Å². The van der Waals surface area contributed by atoms with E-state index in [0.29, 0.717) is 0 Å². The van der Waals surface area contributed by atoms with Gasteiger partial charge in [-0.25, -0.2) is 0 Å². The van der Waals surface area contributed by atoms with Gasteiger partial charge in [0.25, 0.3) is 0 Å². The van der Waals surface area contributed by atoms with Gasteiger partial charge in [-0.2, -0.15) is 0 Å². The Labute approximate surface area is 119 Å². The second-order valence-corrected chi connectivity index (χ2v) is 0.577. The van der Waals surface area contributed by atoms with Gasteiger partial charge in [0, 0.05) is 0 Å². The van der Waals surface area contributed by atoms with Gasteiger partial charge in [-0.3, -0.25) is 14.6 Å². The fraction of sp³-hybridized carbons (Fsp3) is 0. The van der Waals surface area contributed by atoms with Crippen LogP contribution >= 0.6 is 0 Å². The van der Waals surface area contributed by atoms with Crippen molar-refractivity contribution in [3.05, 3.63) is 0 Å². The molecule has 72 valence electrons. The minimum Gasteiger partial charge on any atom is -0.907 e. The molecule has 0 heterocycles. The quantitative estimate of drug-likeness (QED) is 0.376. The molecule has 0 radical (unpaired) electrons. The maximum absolute atomic E-state index is 8.42. The maximum atomic E-state index is 8.42. The molecule has 0 aromatic rings. The van der Waals surface area contributed by atoms with Gasteiger partial charge in [-0.1, -0.05) is 0 Å². The summed E-state index contributed by atoms with van der Waals surface area (Å²) in [6, 6.07) is 0. The van der Waals surface area contributed by atoms with Crippen molar-refractivity contribution in [2.45, 2.75) is 0 Å². The van der Waals surface area contributed by atoms with Crippen molar-refractivity contribution in [3.63, 3.8) is 0 Å². The Morgan fingerprint density at radius 3 is 0.429 bits per heavy atom. The van der Waals surface area contributed by atoms with Crippen LogP contribution in [-0.4, -0.2) is 31.1 Å². The van der Waals surface area contributed by atoms with Crippen molar-refractivity contribution >= 4 is 14.6 Å². The average Bonchev–Trinajstić information content (AvgIpc) is 1.25. The minimum atomic E-state index is -2.92. The van der Waals surface area contributed by atoms with E-state index >= 15 is 0 Å². The van der Waals surface area contributed by atoms with Crippen LogP contribution in [0.1, 0.15) is 0 Å². The van der Waals surface area contributed by atoms with E-state index in [4.69, 9.17) is 30.1 Å². The zero-order valence-electron chi connectivity index (χ0n) is 7.23. The summed E-state index contributed by atoms with van der Waals surface area (Å²) in [5.74, 6) is 0. The molecule has 0 aliphatic heterocycles. The molecule has 0 rings (SSSR count). The van der Waals surface area contributed by atoms with Crippen LogP contribution in [0.15, 0.2) is 0 Å². The Morgan fingerprint density at radius 2 is 0.429 bits per heavy atom. The summed E-state index contributed by atoms with van der Waals surface area (Å²) in [5, 5.41) is 50.5. The Balaban J connectivity index is -0.00000000600. The van der Waals surface area contributed by atoms with Gasteiger partial charge in [-0.05, 0) is 0 Å². The molecule has 0 unspecified atom stereocenters. The van der Waals surface area contributed by atoms with Crippen LogP contribution in [0, 0.1) is 0 Å². The van der Waals surface area contributed by atoms with Crippen LogP contribution in [0.25, 0.3) is 0 Å². The number of rotatable bonds is 0. The summed E-state index contributed by atoms with van der Waals surface area (Å²) >= 11 is 0. The van der Waals surface area contributed by atoms with E-state index in [1.54, 1.807) is 0 Å². The summed E-state index contributed by atoms with van der Waals surface area (Å²) in [5.41, 5.74) is 0. The molecule has 0 saturated carbocycles. The third-order valence-electron chi connectivity index (χ3n) is 0. The van der Waals surface area contributed by atoms with E-state index in [2.05, 4.69) is 0 Å². The fourth-order valence-electron chi connectivity index (χ4n) is 0. The Kier molecular flexibility index (Phi) is 191. The van der Waals surface area contributed by atoms with Crippen LogP contribution in [0.2, 0.25) is 0 Å². The van der Waals surface area contributed by atoms with Crippen molar-refractivity contribution in [1.82, 2.24) is 0 Å². The molecule has 0 aromatic heterocycles. The molecule has 0 fully saturated rings. The predicted molar refractivity (Wildman–Crippen MR) is 22.3 cm³/mol. The zero-order valence-corrected chi connectivity index (χ0v) is 16.1. The number of hydrogen-bond donors (Lipinski definition) is 0. The van der Waals surface area contributed by atoms with Crippen molar-refractivity contribution in [2.75, 3.05) is 0 Å². The van der Waals surface area contributed by atoms with Gasteiger partial charge in [0.1, 0.15) is 0 Å². The summed E-state index contributed by atoms with van der Waals surface area (Å²) in [6.07, 6.45) is 0. The second kappa shape index (κ2) is 46.7. The molecule has 0 aromatic carbocycles. The van der Waals surface area contributed by atoms with Gasteiger partial charge in [0.2, 0.25) is 0 Å². The molecule has 0 saturated heterocycles. The molecule has 0 spiro atoms. The molecule has 0 aliphatic carbocycles. The zero-order chi connectivity index (χ0) is 7.15. The normalized spacial score (nSPS) is 3.86. The first-order chi connectivity index (χ1) is 3.46. The van der Waals surface area contributed by atoms with Crippen LogP contribution < -0.4 is 30.1 Å². The molecule has 0 amide bonds. The molecule has 0 bridgehead atoms. The second-order valence-electron chi connectivity index (χ2n) is 0.577. The van der Waals surface area contributed by atoms with Gasteiger partial charge in [-0.15, -0.1) is 0 Å². The van der Waals surface area contributed by atoms with Gasteiger partial charge in [0.05, 0.1) is 0 Å². The summed E-state index contributed by atoms with van der Waals surface area (Å²) in [4.78, 5) is 0. The van der Waals surface area contributed by atoms with Gasteiger partial charge < -0.3 is 46.6 Å². The minimum absolute atomic E-state index is 0. The summed E-state index contributed by atoms with van der Waals surface area (Å²) in [7, 11) is -5.83. The molecule has 0 atom stereocenters. The standard InChI is InChI=1S/2BO3.3H2O.3Zn/c2*2-1(3)4;;;;;;/h;;3*1H2;;;/q2*-3;;;;3*+2. The predicted octanol–water partition coefficient (Wildman–Crippen LogP) is -10.4. The van der Waals surface area contributed by atoms with Crippen LogP contribution in [0.4, 0.5) is 0 Å². The van der Waals surface area contributed by atoms with Crippen molar-refractivity contribution in [1.29, 1.82) is 0 Å². The topological polar surface area (TPSA) is 233 Å². The maximum Gasteiger partial charge on any atom is 2.00 e. The smallest absolute Gasteiger partial charge is 0.907 e. The van der Waals surface area contributed by atoms with E-state index in [1.807, 2.05) is 0 Å².